The average molecular weight is 354 g/mol. The van der Waals surface area contributed by atoms with Gasteiger partial charge >= 0.3 is 0 Å². The van der Waals surface area contributed by atoms with Crippen molar-refractivity contribution in [3.63, 3.8) is 0 Å². The van der Waals surface area contributed by atoms with Gasteiger partial charge in [0.25, 0.3) is 0 Å². The molecule has 3 fully saturated rings. The van der Waals surface area contributed by atoms with Crippen LogP contribution in [-0.2, 0) is 0 Å². The summed E-state index contributed by atoms with van der Waals surface area (Å²) < 4.78 is 2.48. The summed E-state index contributed by atoms with van der Waals surface area (Å²) in [6.45, 7) is 0. The average Bonchev–Trinajstić information content (AvgIpc) is 2.93. The number of rotatable bonds is 0. The number of benzene rings is 1. The van der Waals surface area contributed by atoms with Crippen molar-refractivity contribution in [2.75, 3.05) is 0 Å². The zero-order valence-corrected chi connectivity index (χ0v) is 12.7. The van der Waals surface area contributed by atoms with E-state index in [0.29, 0.717) is 0 Å². The Balaban J connectivity index is 1.77. The van der Waals surface area contributed by atoms with Gasteiger partial charge in [-0.25, -0.2) is 0 Å². The lowest BCUT2D eigenvalue weighted by Crippen LogP contribution is -2.35. The fourth-order valence-electron chi connectivity index (χ4n) is 5.40. The molecule has 2 heteroatoms. The minimum Gasteiger partial charge on any atom is -0.0496 e. The third-order valence-electron chi connectivity index (χ3n) is 6.13. The van der Waals surface area contributed by atoms with Gasteiger partial charge in [0.2, 0.25) is 0 Å². The monoisotopic (exact) mass is 352 g/mol. The molecule has 17 heavy (non-hydrogen) atoms. The summed E-state index contributed by atoms with van der Waals surface area (Å²) in [7, 11) is 0. The predicted molar refractivity (Wildman–Crippen MR) is 75.2 cm³/mol. The van der Waals surface area contributed by atoms with Crippen LogP contribution in [0.5, 0.6) is 0 Å². The Hall–Kier alpha value is 0.180. The van der Waals surface area contributed by atoms with E-state index in [1.807, 2.05) is 0 Å². The van der Waals surface area contributed by atoms with Crippen LogP contribution in [0.25, 0.3) is 0 Å². The molecule has 1 aromatic carbocycles. The molecule has 1 aromatic rings. The van der Waals surface area contributed by atoms with Crippen LogP contribution in [0, 0.1) is 17.3 Å². The Kier molecular flexibility index (Phi) is 1.68. The second-order valence-electron chi connectivity index (χ2n) is 6.62. The molecule has 0 amide bonds. The molecular weight excluding hydrogens is 340 g/mol. The lowest BCUT2D eigenvalue weighted by Gasteiger charge is -2.43. The molecule has 5 rings (SSSR count). The summed E-state index contributed by atoms with van der Waals surface area (Å²) in [4.78, 5) is 0. The van der Waals surface area contributed by atoms with E-state index in [1.54, 1.807) is 17.5 Å². The van der Waals surface area contributed by atoms with E-state index in [1.165, 1.54) is 28.2 Å². The molecule has 0 N–H and O–H groups in total. The highest BCUT2D eigenvalue weighted by Crippen LogP contribution is 2.82. The molecular formula is C15H14Br2. The SMILES string of the molecule is Brc1cc2c(cc1Br)C1CC13CC1CC2CC13. The smallest absolute Gasteiger partial charge is 0.0320 e. The molecule has 0 heterocycles. The van der Waals surface area contributed by atoms with Crippen LogP contribution in [0.3, 0.4) is 0 Å². The molecule has 0 aliphatic heterocycles. The Morgan fingerprint density at radius 1 is 1.00 bits per heavy atom. The van der Waals surface area contributed by atoms with Crippen LogP contribution in [0.1, 0.15) is 48.6 Å². The van der Waals surface area contributed by atoms with Crippen molar-refractivity contribution in [1.82, 2.24) is 0 Å². The summed E-state index contributed by atoms with van der Waals surface area (Å²) in [5.41, 5.74) is 4.14. The first-order valence-corrected chi connectivity index (χ1v) is 8.26. The molecule has 4 aliphatic carbocycles. The zero-order valence-electron chi connectivity index (χ0n) is 9.55. The van der Waals surface area contributed by atoms with Crippen molar-refractivity contribution in [1.29, 1.82) is 0 Å². The maximum atomic E-state index is 3.68. The van der Waals surface area contributed by atoms with Crippen LogP contribution >= 0.6 is 31.9 Å². The van der Waals surface area contributed by atoms with Gasteiger partial charge in [0.05, 0.1) is 0 Å². The Labute approximate surface area is 118 Å². The second kappa shape index (κ2) is 2.85. The van der Waals surface area contributed by atoms with Crippen LogP contribution < -0.4 is 0 Å². The lowest BCUT2D eigenvalue weighted by molar-refractivity contribution is 0.0724. The number of halogens is 2. The third kappa shape index (κ3) is 1.03. The molecule has 2 bridgehead atoms. The minimum atomic E-state index is 0.776. The maximum Gasteiger partial charge on any atom is 0.0320 e. The highest BCUT2D eigenvalue weighted by molar-refractivity contribution is 9.13. The van der Waals surface area contributed by atoms with E-state index >= 15 is 0 Å². The Morgan fingerprint density at radius 2 is 1.76 bits per heavy atom. The normalized spacial score (nSPS) is 47.9. The van der Waals surface area contributed by atoms with Gasteiger partial charge in [-0.3, -0.25) is 0 Å². The van der Waals surface area contributed by atoms with Crippen LogP contribution in [0.2, 0.25) is 0 Å². The van der Waals surface area contributed by atoms with E-state index in [0.717, 1.165) is 29.1 Å². The van der Waals surface area contributed by atoms with Crippen molar-refractivity contribution in [2.45, 2.75) is 37.5 Å². The molecule has 1 spiro atoms. The number of hydrogen-bond donors (Lipinski definition) is 0. The predicted octanol–water partition coefficient (Wildman–Crippen LogP) is 5.21. The highest BCUT2D eigenvalue weighted by Gasteiger charge is 2.71. The van der Waals surface area contributed by atoms with E-state index < -0.39 is 0 Å². The molecule has 5 atom stereocenters. The van der Waals surface area contributed by atoms with Crippen molar-refractivity contribution >= 4 is 31.9 Å². The van der Waals surface area contributed by atoms with Crippen LogP contribution in [-0.4, -0.2) is 0 Å². The van der Waals surface area contributed by atoms with Crippen molar-refractivity contribution in [2.24, 2.45) is 17.3 Å². The van der Waals surface area contributed by atoms with E-state index in [2.05, 4.69) is 44.0 Å². The molecule has 0 aromatic heterocycles. The first-order valence-electron chi connectivity index (χ1n) is 6.68. The standard InChI is InChI=1S/C15H14Br2/c16-13-3-9-7-1-8-5-15(11(8)2-7)6-12(15)10(9)4-14(13)17/h3-4,7-8,11-12H,1-2,5-6H2. The van der Waals surface area contributed by atoms with Gasteiger partial charge in [0.1, 0.15) is 0 Å². The van der Waals surface area contributed by atoms with Crippen LogP contribution in [0.4, 0.5) is 0 Å². The first kappa shape index (κ1) is 10.0. The summed E-state index contributed by atoms with van der Waals surface area (Å²) in [5, 5.41) is 0. The quantitative estimate of drug-likeness (QED) is 0.600. The van der Waals surface area contributed by atoms with E-state index in [4.69, 9.17) is 0 Å². The van der Waals surface area contributed by atoms with E-state index in [-0.39, 0.29) is 0 Å². The lowest BCUT2D eigenvalue weighted by atomic mass is 9.62. The largest absolute Gasteiger partial charge is 0.0496 e. The van der Waals surface area contributed by atoms with Gasteiger partial charge in [-0.05, 0) is 110 Å². The molecule has 0 saturated heterocycles. The summed E-state index contributed by atoms with van der Waals surface area (Å²) in [5.74, 6) is 3.95. The van der Waals surface area contributed by atoms with Gasteiger partial charge in [0.15, 0.2) is 0 Å². The van der Waals surface area contributed by atoms with Crippen molar-refractivity contribution < 1.29 is 0 Å². The topological polar surface area (TPSA) is 0 Å². The van der Waals surface area contributed by atoms with Gasteiger partial charge in [-0.1, -0.05) is 0 Å². The zero-order chi connectivity index (χ0) is 11.4. The molecule has 0 nitrogen and oxygen atoms in total. The highest BCUT2D eigenvalue weighted by atomic mass is 79.9. The fraction of sp³-hybridized carbons (Fsp3) is 0.600. The first-order chi connectivity index (χ1) is 8.19. The molecule has 5 unspecified atom stereocenters. The summed E-state index contributed by atoms with van der Waals surface area (Å²) in [6.07, 6.45) is 6.00. The van der Waals surface area contributed by atoms with Crippen LogP contribution in [0.15, 0.2) is 21.1 Å². The summed E-state index contributed by atoms with van der Waals surface area (Å²) in [6, 6.07) is 4.82. The Bertz CT molecular complexity index is 523. The Morgan fingerprint density at radius 3 is 2.59 bits per heavy atom. The molecule has 4 aliphatic rings. The van der Waals surface area contributed by atoms with Gasteiger partial charge < -0.3 is 0 Å². The molecule has 3 saturated carbocycles. The van der Waals surface area contributed by atoms with Crippen molar-refractivity contribution in [3.8, 4) is 0 Å². The molecule has 88 valence electrons. The van der Waals surface area contributed by atoms with E-state index in [9.17, 15) is 0 Å². The molecule has 0 radical (unpaired) electrons. The van der Waals surface area contributed by atoms with Gasteiger partial charge in [-0.2, -0.15) is 0 Å². The number of fused-ring (bicyclic) bond motifs is 4. The minimum absolute atomic E-state index is 0.776. The second-order valence-corrected chi connectivity index (χ2v) is 8.33. The van der Waals surface area contributed by atoms with Gasteiger partial charge in [-0.15, -0.1) is 0 Å². The summed E-state index contributed by atoms with van der Waals surface area (Å²) >= 11 is 7.36. The maximum absolute atomic E-state index is 3.68. The number of hydrogen-bond acceptors (Lipinski definition) is 0. The fourth-order valence-corrected chi connectivity index (χ4v) is 6.12. The van der Waals surface area contributed by atoms with Gasteiger partial charge in [0, 0.05) is 8.95 Å². The van der Waals surface area contributed by atoms with Crippen molar-refractivity contribution in [3.05, 3.63) is 32.2 Å². The third-order valence-corrected chi connectivity index (χ3v) is 7.98.